The Bertz CT molecular complexity index is 189. The first-order valence-electron chi connectivity index (χ1n) is 4.45. The van der Waals surface area contributed by atoms with Crippen molar-refractivity contribution in [1.82, 2.24) is 5.32 Å². The molecule has 0 radical (unpaired) electrons. The minimum atomic E-state index is 0.659. The maximum Gasteiger partial charge on any atom is 0.0493 e. The third-order valence-corrected chi connectivity index (χ3v) is 2.22. The van der Waals surface area contributed by atoms with E-state index in [9.17, 15) is 0 Å². The Morgan fingerprint density at radius 3 is 2.64 bits per heavy atom. The van der Waals surface area contributed by atoms with Crippen molar-refractivity contribution in [3.8, 4) is 0 Å². The molecular weight excluding hydrogens is 134 g/mol. The molecule has 1 nitrogen and oxygen atoms in total. The Morgan fingerprint density at radius 2 is 2.18 bits per heavy atom. The molecule has 1 heterocycles. The first-order chi connectivity index (χ1) is 5.33. The lowest BCUT2D eigenvalue weighted by molar-refractivity contribution is 0.534. The van der Waals surface area contributed by atoms with Crippen molar-refractivity contribution in [1.29, 1.82) is 0 Å². The van der Waals surface area contributed by atoms with E-state index < -0.39 is 0 Å². The van der Waals surface area contributed by atoms with Gasteiger partial charge in [-0.3, -0.25) is 0 Å². The fourth-order valence-electron chi connectivity index (χ4n) is 1.58. The average Bonchev–Trinajstić information content (AvgIpc) is 1.98. The minimum Gasteiger partial charge on any atom is -0.378 e. The maximum atomic E-state index is 3.42. The molecule has 0 aromatic rings. The van der Waals surface area contributed by atoms with Gasteiger partial charge in [0.25, 0.3) is 0 Å². The molecule has 0 spiro atoms. The van der Waals surface area contributed by atoms with Crippen molar-refractivity contribution in [2.24, 2.45) is 0 Å². The summed E-state index contributed by atoms with van der Waals surface area (Å²) in [4.78, 5) is 0. The fourth-order valence-corrected chi connectivity index (χ4v) is 1.58. The van der Waals surface area contributed by atoms with Gasteiger partial charge in [-0.05, 0) is 31.4 Å². The predicted octanol–water partition coefficient (Wildman–Crippen LogP) is 2.61. The van der Waals surface area contributed by atoms with Crippen molar-refractivity contribution >= 4 is 0 Å². The lowest BCUT2D eigenvalue weighted by Gasteiger charge is -2.33. The van der Waals surface area contributed by atoms with Crippen LogP contribution < -0.4 is 5.32 Å². The number of hydrogen-bond acceptors (Lipinski definition) is 1. The van der Waals surface area contributed by atoms with E-state index in [2.05, 4.69) is 38.2 Å². The van der Waals surface area contributed by atoms with Crippen molar-refractivity contribution in [3.63, 3.8) is 0 Å². The molecule has 11 heavy (non-hydrogen) atoms. The van der Waals surface area contributed by atoms with E-state index in [1.807, 2.05) is 0 Å². The van der Waals surface area contributed by atoms with Crippen molar-refractivity contribution in [2.45, 2.75) is 39.7 Å². The van der Waals surface area contributed by atoms with E-state index in [1.54, 1.807) is 5.57 Å². The summed E-state index contributed by atoms with van der Waals surface area (Å²) >= 11 is 0. The van der Waals surface area contributed by atoms with E-state index >= 15 is 0 Å². The largest absolute Gasteiger partial charge is 0.378 e. The third-order valence-electron chi connectivity index (χ3n) is 2.22. The molecule has 1 aliphatic rings. The summed E-state index contributed by atoms with van der Waals surface area (Å²) < 4.78 is 0. The summed E-state index contributed by atoms with van der Waals surface area (Å²) in [6.07, 6.45) is 6.64. The normalized spacial score (nSPS) is 23.7. The van der Waals surface area contributed by atoms with Gasteiger partial charge in [-0.1, -0.05) is 19.9 Å². The molecule has 1 rings (SSSR count). The summed E-state index contributed by atoms with van der Waals surface area (Å²) in [6.45, 7) is 6.50. The monoisotopic (exact) mass is 151 g/mol. The van der Waals surface area contributed by atoms with Gasteiger partial charge >= 0.3 is 0 Å². The van der Waals surface area contributed by atoms with Crippen LogP contribution in [-0.2, 0) is 0 Å². The van der Waals surface area contributed by atoms with E-state index in [0.717, 1.165) is 0 Å². The third kappa shape index (κ3) is 1.47. The molecular formula is C10H17N. The van der Waals surface area contributed by atoms with Crippen LogP contribution in [0.15, 0.2) is 23.4 Å². The van der Waals surface area contributed by atoms with Gasteiger partial charge in [0.05, 0.1) is 0 Å². The number of allylic oxidation sites excluding steroid dienone is 2. The number of rotatable bonds is 3. The average molecular weight is 151 g/mol. The summed E-state index contributed by atoms with van der Waals surface area (Å²) in [7, 11) is 0. The molecule has 0 unspecified atom stereocenters. The van der Waals surface area contributed by atoms with Crippen LogP contribution in [0, 0.1) is 0 Å². The lowest BCUT2D eigenvalue weighted by atomic mass is 9.92. The zero-order valence-electron chi connectivity index (χ0n) is 7.65. The molecule has 62 valence electrons. The minimum absolute atomic E-state index is 0.659. The summed E-state index contributed by atoms with van der Waals surface area (Å²) in [6, 6.07) is 0.659. The van der Waals surface area contributed by atoms with Crippen LogP contribution in [0.1, 0.15) is 33.6 Å². The van der Waals surface area contributed by atoms with Gasteiger partial charge in [0.2, 0.25) is 0 Å². The van der Waals surface area contributed by atoms with Gasteiger partial charge in [0.1, 0.15) is 0 Å². The second kappa shape index (κ2) is 3.61. The van der Waals surface area contributed by atoms with Gasteiger partial charge in [-0.25, -0.2) is 0 Å². The molecule has 0 saturated heterocycles. The molecule has 1 aliphatic heterocycles. The Labute approximate surface area is 69.2 Å². The molecule has 0 aromatic heterocycles. The van der Waals surface area contributed by atoms with Crippen LogP contribution in [0.4, 0.5) is 0 Å². The van der Waals surface area contributed by atoms with Crippen LogP contribution >= 0.6 is 0 Å². The Morgan fingerprint density at radius 1 is 1.45 bits per heavy atom. The molecule has 1 N–H and O–H groups in total. The molecule has 1 heteroatoms. The van der Waals surface area contributed by atoms with Gasteiger partial charge in [-0.15, -0.1) is 0 Å². The van der Waals surface area contributed by atoms with Crippen LogP contribution in [0.25, 0.3) is 0 Å². The molecule has 0 fully saturated rings. The molecule has 0 bridgehead atoms. The Kier molecular flexibility index (Phi) is 2.75. The number of nitrogens with one attached hydrogen (secondary N) is 1. The predicted molar refractivity (Wildman–Crippen MR) is 49.3 cm³/mol. The second-order valence-corrected chi connectivity index (χ2v) is 2.90. The van der Waals surface area contributed by atoms with E-state index in [1.165, 1.54) is 18.5 Å². The van der Waals surface area contributed by atoms with Crippen molar-refractivity contribution in [3.05, 3.63) is 23.4 Å². The highest BCUT2D eigenvalue weighted by Crippen LogP contribution is 2.24. The summed E-state index contributed by atoms with van der Waals surface area (Å²) in [5.41, 5.74) is 2.94. The maximum absolute atomic E-state index is 3.42. The quantitative estimate of drug-likeness (QED) is 0.653. The molecule has 1 atom stereocenters. The number of hydrogen-bond donors (Lipinski definition) is 1. The topological polar surface area (TPSA) is 12.0 Å². The fraction of sp³-hybridized carbons (Fsp3) is 0.600. The molecule has 0 aromatic carbocycles. The Balaban J connectivity index is 2.65. The van der Waals surface area contributed by atoms with Crippen molar-refractivity contribution < 1.29 is 0 Å². The first-order valence-corrected chi connectivity index (χ1v) is 4.45. The van der Waals surface area contributed by atoms with E-state index in [0.29, 0.717) is 6.04 Å². The standard InChI is InChI=1S/C10H17N/c1-4-7-10-8(5-2)9(6-3)11-10/h4,7,9,11H,5-6H2,1-3H3/b7-4-/t9-/m0/s1. The van der Waals surface area contributed by atoms with Gasteiger partial charge in [-0.2, -0.15) is 0 Å². The molecule has 0 saturated carbocycles. The zero-order chi connectivity index (χ0) is 8.27. The van der Waals surface area contributed by atoms with Crippen LogP contribution in [0.2, 0.25) is 0 Å². The van der Waals surface area contributed by atoms with E-state index in [4.69, 9.17) is 0 Å². The summed E-state index contributed by atoms with van der Waals surface area (Å²) in [5.74, 6) is 0. The highest BCUT2D eigenvalue weighted by atomic mass is 15.0. The van der Waals surface area contributed by atoms with E-state index in [-0.39, 0.29) is 0 Å². The Hall–Kier alpha value is -0.720. The smallest absolute Gasteiger partial charge is 0.0493 e. The highest BCUT2D eigenvalue weighted by molar-refractivity contribution is 5.36. The second-order valence-electron chi connectivity index (χ2n) is 2.90. The lowest BCUT2D eigenvalue weighted by Crippen LogP contribution is -2.40. The molecule has 0 amide bonds. The van der Waals surface area contributed by atoms with Gasteiger partial charge in [0.15, 0.2) is 0 Å². The first kappa shape index (κ1) is 8.38. The zero-order valence-corrected chi connectivity index (χ0v) is 7.65. The van der Waals surface area contributed by atoms with Crippen LogP contribution in [0.3, 0.4) is 0 Å². The SMILES string of the molecule is C/C=C\C1=C(CC)[C@H](CC)N1. The van der Waals surface area contributed by atoms with Crippen LogP contribution in [-0.4, -0.2) is 6.04 Å². The molecule has 0 aliphatic carbocycles. The van der Waals surface area contributed by atoms with Gasteiger partial charge in [0, 0.05) is 11.7 Å². The van der Waals surface area contributed by atoms with Crippen LogP contribution in [0.5, 0.6) is 0 Å². The van der Waals surface area contributed by atoms with Crippen molar-refractivity contribution in [2.75, 3.05) is 0 Å². The van der Waals surface area contributed by atoms with Gasteiger partial charge < -0.3 is 5.32 Å². The highest BCUT2D eigenvalue weighted by Gasteiger charge is 2.22. The summed E-state index contributed by atoms with van der Waals surface area (Å²) in [5, 5.41) is 3.42.